The summed E-state index contributed by atoms with van der Waals surface area (Å²) in [5.74, 6) is -0.622. The van der Waals surface area contributed by atoms with Gasteiger partial charge >= 0.3 is 0 Å². The molecule has 2 amide bonds. The quantitative estimate of drug-likeness (QED) is 0.729. The molecule has 1 atom stereocenters. The van der Waals surface area contributed by atoms with Crippen molar-refractivity contribution in [2.45, 2.75) is 51.8 Å². The van der Waals surface area contributed by atoms with Crippen LogP contribution in [-0.2, 0) is 20.9 Å². The molecule has 1 aromatic carbocycles. The molecule has 0 saturated carbocycles. The van der Waals surface area contributed by atoms with E-state index in [0.29, 0.717) is 24.5 Å². The summed E-state index contributed by atoms with van der Waals surface area (Å²) in [7, 11) is 0. The highest BCUT2D eigenvalue weighted by Gasteiger charge is 2.26. The molecule has 1 aliphatic rings. The lowest BCUT2D eigenvalue weighted by molar-refractivity contribution is -0.138. The summed E-state index contributed by atoms with van der Waals surface area (Å²) >= 11 is 0. The largest absolute Gasteiger partial charge is 0.376 e. The van der Waals surface area contributed by atoms with Crippen LogP contribution in [0.5, 0.6) is 0 Å². The summed E-state index contributed by atoms with van der Waals surface area (Å²) in [6, 6.07) is 5.69. The van der Waals surface area contributed by atoms with Crippen LogP contribution in [0, 0.1) is 5.82 Å². The second kappa shape index (κ2) is 9.29. The molecule has 0 bridgehead atoms. The molecule has 1 N–H and O–H groups in total. The van der Waals surface area contributed by atoms with Crippen LogP contribution in [0.25, 0.3) is 11.4 Å². The van der Waals surface area contributed by atoms with E-state index in [4.69, 9.17) is 4.74 Å². The van der Waals surface area contributed by atoms with E-state index in [0.717, 1.165) is 12.8 Å². The first-order valence-corrected chi connectivity index (χ1v) is 9.94. The highest BCUT2D eigenvalue weighted by molar-refractivity contribution is 5.85. The first-order chi connectivity index (χ1) is 14.2. The Morgan fingerprint density at radius 1 is 1.30 bits per heavy atom. The third-order valence-electron chi connectivity index (χ3n) is 4.48. The second-order valence-corrected chi connectivity index (χ2v) is 8.36. The summed E-state index contributed by atoms with van der Waals surface area (Å²) in [6.07, 6.45) is 1.70. The normalized spacial score (nSPS) is 16.5. The highest BCUT2D eigenvalue weighted by atomic mass is 19.1. The Hall–Kier alpha value is -2.88. The van der Waals surface area contributed by atoms with Gasteiger partial charge in [-0.25, -0.2) is 4.39 Å². The van der Waals surface area contributed by atoms with Crippen molar-refractivity contribution in [3.8, 4) is 11.4 Å². The van der Waals surface area contributed by atoms with Gasteiger partial charge in [-0.1, -0.05) is 0 Å². The van der Waals surface area contributed by atoms with Gasteiger partial charge in [-0.05, 0) is 63.1 Å². The third-order valence-corrected chi connectivity index (χ3v) is 4.48. The predicted molar refractivity (Wildman–Crippen MR) is 107 cm³/mol. The fourth-order valence-corrected chi connectivity index (χ4v) is 3.17. The van der Waals surface area contributed by atoms with Gasteiger partial charge in [0.05, 0.1) is 12.6 Å². The van der Waals surface area contributed by atoms with E-state index in [1.54, 1.807) is 12.1 Å². The van der Waals surface area contributed by atoms with Gasteiger partial charge in [-0.15, -0.1) is 10.2 Å². The number of hydrogen-bond acceptors (Lipinski definition) is 6. The minimum atomic E-state index is -0.396. The van der Waals surface area contributed by atoms with E-state index in [-0.39, 0.29) is 36.8 Å². The van der Waals surface area contributed by atoms with Crippen LogP contribution >= 0.6 is 0 Å². The zero-order valence-corrected chi connectivity index (χ0v) is 17.5. The fourth-order valence-electron chi connectivity index (χ4n) is 3.17. The molecule has 1 saturated heterocycles. The smallest absolute Gasteiger partial charge is 0.246 e. The van der Waals surface area contributed by atoms with E-state index in [1.807, 2.05) is 20.8 Å². The van der Waals surface area contributed by atoms with Gasteiger partial charge in [0.2, 0.25) is 17.6 Å². The Kier molecular flexibility index (Phi) is 6.76. The number of nitrogens with zero attached hydrogens (tertiary/aromatic N) is 5. The number of aromatic nitrogens is 4. The third kappa shape index (κ3) is 6.31. The van der Waals surface area contributed by atoms with Crippen LogP contribution in [0.1, 0.15) is 33.6 Å². The molecular formula is C20H27FN6O3. The summed E-state index contributed by atoms with van der Waals surface area (Å²) in [6.45, 7) is 6.40. The number of hydrogen-bond donors (Lipinski definition) is 1. The number of rotatable bonds is 7. The molecule has 0 unspecified atom stereocenters. The van der Waals surface area contributed by atoms with Gasteiger partial charge in [-0.3, -0.25) is 9.59 Å². The molecule has 2 heterocycles. The van der Waals surface area contributed by atoms with Crippen LogP contribution in [0.15, 0.2) is 24.3 Å². The van der Waals surface area contributed by atoms with E-state index in [2.05, 4.69) is 20.7 Å². The van der Waals surface area contributed by atoms with Crippen molar-refractivity contribution in [1.82, 2.24) is 30.4 Å². The highest BCUT2D eigenvalue weighted by Crippen LogP contribution is 2.15. The van der Waals surface area contributed by atoms with Crippen molar-refractivity contribution in [2.75, 3.05) is 19.7 Å². The Morgan fingerprint density at radius 2 is 2.03 bits per heavy atom. The van der Waals surface area contributed by atoms with E-state index in [9.17, 15) is 14.0 Å². The summed E-state index contributed by atoms with van der Waals surface area (Å²) in [5, 5.41) is 14.9. The predicted octanol–water partition coefficient (Wildman–Crippen LogP) is 1.40. The number of carbonyl (C=O) groups is 2. The Balaban J connectivity index is 1.67. The zero-order valence-electron chi connectivity index (χ0n) is 17.5. The average Bonchev–Trinajstić information content (AvgIpc) is 3.32. The molecule has 1 aromatic heterocycles. The minimum absolute atomic E-state index is 0.0739. The Morgan fingerprint density at radius 3 is 2.67 bits per heavy atom. The maximum Gasteiger partial charge on any atom is 0.246 e. The molecule has 1 fully saturated rings. The van der Waals surface area contributed by atoms with Crippen LogP contribution in [0.2, 0.25) is 0 Å². The lowest BCUT2D eigenvalue weighted by Gasteiger charge is -2.27. The van der Waals surface area contributed by atoms with Crippen molar-refractivity contribution in [3.63, 3.8) is 0 Å². The van der Waals surface area contributed by atoms with Gasteiger partial charge < -0.3 is 15.0 Å². The van der Waals surface area contributed by atoms with Crippen molar-refractivity contribution < 1.29 is 18.7 Å². The lowest BCUT2D eigenvalue weighted by atomic mass is 10.1. The van der Waals surface area contributed by atoms with Crippen molar-refractivity contribution >= 4 is 11.8 Å². The van der Waals surface area contributed by atoms with E-state index < -0.39 is 5.54 Å². The van der Waals surface area contributed by atoms with Gasteiger partial charge in [0, 0.05) is 24.3 Å². The molecule has 0 aliphatic carbocycles. The average molecular weight is 418 g/mol. The molecule has 0 radical (unpaired) electrons. The Labute approximate surface area is 174 Å². The van der Waals surface area contributed by atoms with Gasteiger partial charge in [0.15, 0.2) is 0 Å². The van der Waals surface area contributed by atoms with Crippen molar-refractivity contribution in [2.24, 2.45) is 0 Å². The lowest BCUT2D eigenvalue weighted by Crippen LogP contribution is -2.49. The maximum absolute atomic E-state index is 13.1. The van der Waals surface area contributed by atoms with E-state index >= 15 is 0 Å². The van der Waals surface area contributed by atoms with Crippen LogP contribution in [-0.4, -0.2) is 68.3 Å². The maximum atomic E-state index is 13.1. The van der Waals surface area contributed by atoms with Crippen LogP contribution in [0.4, 0.5) is 4.39 Å². The first kappa shape index (κ1) is 21.8. The van der Waals surface area contributed by atoms with Crippen LogP contribution < -0.4 is 5.32 Å². The number of tetrazole rings is 1. The number of halogens is 1. The monoisotopic (exact) mass is 418 g/mol. The fraction of sp³-hybridized carbons (Fsp3) is 0.550. The van der Waals surface area contributed by atoms with Gasteiger partial charge in [0.25, 0.3) is 0 Å². The summed E-state index contributed by atoms with van der Waals surface area (Å²) in [4.78, 5) is 27.9. The number of ether oxygens (including phenoxy) is 1. The zero-order chi connectivity index (χ0) is 21.7. The topological polar surface area (TPSA) is 102 Å². The molecule has 10 heteroatoms. The minimum Gasteiger partial charge on any atom is -0.376 e. The van der Waals surface area contributed by atoms with Crippen LogP contribution in [0.3, 0.4) is 0 Å². The number of nitrogens with one attached hydrogen (secondary N) is 1. The SMILES string of the molecule is CC(C)(C)NC(=O)CN(C[C@@H]1CCCO1)C(=O)Cn1nnc(-c2ccc(F)cc2)n1. The molecule has 9 nitrogen and oxygen atoms in total. The molecular weight excluding hydrogens is 391 g/mol. The van der Waals surface area contributed by atoms with Crippen molar-refractivity contribution in [1.29, 1.82) is 0 Å². The molecule has 2 aromatic rings. The molecule has 30 heavy (non-hydrogen) atoms. The number of amides is 2. The summed E-state index contributed by atoms with van der Waals surface area (Å²) in [5.41, 5.74) is 0.198. The van der Waals surface area contributed by atoms with Crippen molar-refractivity contribution in [3.05, 3.63) is 30.1 Å². The number of carbonyl (C=O) groups excluding carboxylic acids is 2. The van der Waals surface area contributed by atoms with Gasteiger partial charge in [0.1, 0.15) is 12.4 Å². The molecule has 1 aliphatic heterocycles. The molecule has 0 spiro atoms. The standard InChI is InChI=1S/C20H27FN6O3/c1-20(2,3)22-17(28)12-26(11-16-5-4-10-30-16)18(29)13-27-24-19(23-25-27)14-6-8-15(21)9-7-14/h6-9,16H,4-5,10-13H2,1-3H3,(H,22,28)/t16-/m0/s1. The summed E-state index contributed by atoms with van der Waals surface area (Å²) < 4.78 is 18.7. The molecule has 162 valence electrons. The number of benzene rings is 1. The molecule has 3 rings (SSSR count). The van der Waals surface area contributed by atoms with E-state index in [1.165, 1.54) is 21.8 Å². The Bertz CT molecular complexity index is 871. The van der Waals surface area contributed by atoms with Gasteiger partial charge in [-0.2, -0.15) is 4.80 Å². The first-order valence-electron chi connectivity index (χ1n) is 9.94. The second-order valence-electron chi connectivity index (χ2n) is 8.36.